The van der Waals surface area contributed by atoms with Gasteiger partial charge in [-0.05, 0) is 37.1 Å². The number of carbonyl (C=O) groups is 2. The number of hydrogen-bond donors (Lipinski definition) is 0. The average Bonchev–Trinajstić information content (AvgIpc) is 2.83. The molecule has 0 radical (unpaired) electrons. The Labute approximate surface area is 193 Å². The summed E-state index contributed by atoms with van der Waals surface area (Å²) in [5.74, 6) is -0.164. The van der Waals surface area contributed by atoms with Crippen LogP contribution in [0.4, 0.5) is 0 Å². The zero-order valence-corrected chi connectivity index (χ0v) is 19.4. The first-order valence-corrected chi connectivity index (χ1v) is 10.4. The predicted octanol–water partition coefficient (Wildman–Crippen LogP) is 4.57. The van der Waals surface area contributed by atoms with E-state index in [2.05, 4.69) is 4.98 Å². The third kappa shape index (κ3) is 5.14. The Morgan fingerprint density at radius 1 is 0.818 bits per heavy atom. The summed E-state index contributed by atoms with van der Waals surface area (Å²) in [7, 11) is 4.11. The molecule has 0 bridgehead atoms. The van der Waals surface area contributed by atoms with Gasteiger partial charge in [0.05, 0.1) is 50.5 Å². The molecule has 0 unspecified atom stereocenters. The summed E-state index contributed by atoms with van der Waals surface area (Å²) in [4.78, 5) is 29.6. The minimum absolute atomic E-state index is 0.197. The van der Waals surface area contributed by atoms with Gasteiger partial charge < -0.3 is 18.9 Å². The fourth-order valence-electron chi connectivity index (χ4n) is 3.71. The van der Waals surface area contributed by atoms with Crippen LogP contribution in [0.2, 0.25) is 0 Å². The topological polar surface area (TPSA) is 84.0 Å². The Morgan fingerprint density at radius 2 is 1.42 bits per heavy atom. The Hall–Kier alpha value is -3.87. The number of nitrogens with zero attached hydrogens (tertiary/aromatic N) is 1. The Balaban J connectivity index is 2.05. The normalized spacial score (nSPS) is 10.5. The lowest BCUT2D eigenvalue weighted by Gasteiger charge is -2.18. The van der Waals surface area contributed by atoms with Gasteiger partial charge in [0.2, 0.25) is 0 Å². The second-order valence-electron chi connectivity index (χ2n) is 7.34. The molecule has 0 saturated carbocycles. The molecule has 0 aliphatic heterocycles. The molecule has 0 aliphatic carbocycles. The van der Waals surface area contributed by atoms with Crippen molar-refractivity contribution in [2.45, 2.75) is 20.3 Å². The Kier molecular flexibility index (Phi) is 7.66. The van der Waals surface area contributed by atoms with Gasteiger partial charge in [-0.3, -0.25) is 4.98 Å². The van der Waals surface area contributed by atoms with Crippen molar-refractivity contribution in [2.24, 2.45) is 0 Å². The number of aryl methyl sites for hydroxylation is 2. The molecule has 1 heterocycles. The first kappa shape index (κ1) is 23.8. The number of aromatic nitrogens is 1. The number of carbonyl (C=O) groups excluding carboxylic acids is 2. The van der Waals surface area contributed by atoms with E-state index in [4.69, 9.17) is 18.9 Å². The van der Waals surface area contributed by atoms with Crippen LogP contribution in [0.15, 0.2) is 48.5 Å². The maximum Gasteiger partial charge on any atom is 0.340 e. The third-order valence-corrected chi connectivity index (χ3v) is 5.28. The molecule has 0 N–H and O–H groups in total. The van der Waals surface area contributed by atoms with E-state index in [9.17, 15) is 9.59 Å². The van der Waals surface area contributed by atoms with Crippen LogP contribution < -0.4 is 9.47 Å². The third-order valence-electron chi connectivity index (χ3n) is 5.28. The second-order valence-corrected chi connectivity index (χ2v) is 7.34. The Bertz CT molecular complexity index is 1120. The fourth-order valence-corrected chi connectivity index (χ4v) is 3.71. The van der Waals surface area contributed by atoms with Crippen molar-refractivity contribution in [2.75, 3.05) is 27.9 Å². The van der Waals surface area contributed by atoms with Crippen LogP contribution in [0, 0.1) is 13.8 Å². The zero-order chi connectivity index (χ0) is 24.0. The van der Waals surface area contributed by atoms with Gasteiger partial charge in [-0.25, -0.2) is 9.59 Å². The highest BCUT2D eigenvalue weighted by atomic mass is 16.5. The number of rotatable bonds is 8. The van der Waals surface area contributed by atoms with Gasteiger partial charge in [0.1, 0.15) is 0 Å². The van der Waals surface area contributed by atoms with Crippen LogP contribution >= 0.6 is 0 Å². The minimum Gasteiger partial charge on any atom is -0.493 e. The SMILES string of the molecule is COC(=O)c1c(C)nc(C)c(C(=O)OC)c1-c1ccc(OCCc2ccccc2)c(OC)c1. The molecule has 0 atom stereocenters. The molecule has 172 valence electrons. The van der Waals surface area contributed by atoms with Crippen molar-refractivity contribution in [3.05, 3.63) is 76.6 Å². The van der Waals surface area contributed by atoms with Gasteiger partial charge in [0, 0.05) is 12.0 Å². The zero-order valence-electron chi connectivity index (χ0n) is 19.4. The molecule has 3 rings (SSSR count). The number of pyridine rings is 1. The number of methoxy groups -OCH3 is 3. The van der Waals surface area contributed by atoms with E-state index in [-0.39, 0.29) is 11.1 Å². The number of ether oxygens (including phenoxy) is 4. The monoisotopic (exact) mass is 449 g/mol. The first-order valence-electron chi connectivity index (χ1n) is 10.4. The molecule has 0 amide bonds. The summed E-state index contributed by atoms with van der Waals surface area (Å²) < 4.78 is 21.5. The van der Waals surface area contributed by atoms with Gasteiger partial charge in [-0.15, -0.1) is 0 Å². The largest absolute Gasteiger partial charge is 0.493 e. The van der Waals surface area contributed by atoms with Gasteiger partial charge in [0.25, 0.3) is 0 Å². The summed E-state index contributed by atoms with van der Waals surface area (Å²) >= 11 is 0. The summed E-state index contributed by atoms with van der Waals surface area (Å²) in [5, 5.41) is 0. The van der Waals surface area contributed by atoms with Crippen LogP contribution in [0.25, 0.3) is 11.1 Å². The molecule has 0 fully saturated rings. The van der Waals surface area contributed by atoms with Gasteiger partial charge >= 0.3 is 11.9 Å². The molecule has 33 heavy (non-hydrogen) atoms. The van der Waals surface area contributed by atoms with E-state index < -0.39 is 11.9 Å². The van der Waals surface area contributed by atoms with E-state index in [1.54, 1.807) is 32.0 Å². The van der Waals surface area contributed by atoms with Crippen molar-refractivity contribution >= 4 is 11.9 Å². The standard InChI is InChI=1S/C26H27NO6/c1-16-22(25(28)31-4)24(23(17(2)27-16)26(29)32-5)19-11-12-20(21(15-19)30-3)33-14-13-18-9-7-6-8-10-18/h6-12,15H,13-14H2,1-5H3. The lowest BCUT2D eigenvalue weighted by Crippen LogP contribution is -2.16. The Morgan fingerprint density at radius 3 is 1.97 bits per heavy atom. The average molecular weight is 450 g/mol. The molecule has 0 saturated heterocycles. The highest BCUT2D eigenvalue weighted by Crippen LogP contribution is 2.37. The molecule has 3 aromatic rings. The van der Waals surface area contributed by atoms with Crippen molar-refractivity contribution in [3.63, 3.8) is 0 Å². The van der Waals surface area contributed by atoms with Crippen molar-refractivity contribution in [3.8, 4) is 22.6 Å². The van der Waals surface area contributed by atoms with Crippen LogP contribution in [0.1, 0.15) is 37.7 Å². The smallest absolute Gasteiger partial charge is 0.340 e. The van der Waals surface area contributed by atoms with E-state index in [1.165, 1.54) is 26.9 Å². The molecule has 7 nitrogen and oxygen atoms in total. The van der Waals surface area contributed by atoms with Gasteiger partial charge in [-0.2, -0.15) is 0 Å². The molecular formula is C26H27NO6. The fraction of sp³-hybridized carbons (Fsp3) is 0.269. The summed E-state index contributed by atoms with van der Waals surface area (Å²) in [6, 6.07) is 15.3. The summed E-state index contributed by atoms with van der Waals surface area (Å²) in [5.41, 5.74) is 3.42. The van der Waals surface area contributed by atoms with E-state index in [0.717, 1.165) is 6.42 Å². The van der Waals surface area contributed by atoms with Gasteiger partial charge in [-0.1, -0.05) is 36.4 Å². The van der Waals surface area contributed by atoms with Crippen molar-refractivity contribution < 1.29 is 28.5 Å². The highest BCUT2D eigenvalue weighted by molar-refractivity contribution is 6.07. The highest BCUT2D eigenvalue weighted by Gasteiger charge is 2.27. The van der Waals surface area contributed by atoms with Crippen LogP contribution in [-0.2, 0) is 15.9 Å². The number of esters is 2. The lowest BCUT2D eigenvalue weighted by molar-refractivity contribution is 0.0599. The molecular weight excluding hydrogens is 422 g/mol. The van der Waals surface area contributed by atoms with Gasteiger partial charge in [0.15, 0.2) is 11.5 Å². The number of benzene rings is 2. The molecule has 7 heteroatoms. The van der Waals surface area contributed by atoms with E-state index in [1.807, 2.05) is 30.3 Å². The van der Waals surface area contributed by atoms with Crippen LogP contribution in [0.3, 0.4) is 0 Å². The maximum absolute atomic E-state index is 12.6. The van der Waals surface area contributed by atoms with Crippen LogP contribution in [-0.4, -0.2) is 44.9 Å². The molecule has 1 aromatic heterocycles. The number of hydrogen-bond acceptors (Lipinski definition) is 7. The molecule has 0 spiro atoms. The first-order chi connectivity index (χ1) is 15.9. The second kappa shape index (κ2) is 10.6. The minimum atomic E-state index is -0.595. The van der Waals surface area contributed by atoms with Crippen molar-refractivity contribution in [1.82, 2.24) is 4.98 Å². The van der Waals surface area contributed by atoms with E-state index >= 15 is 0 Å². The van der Waals surface area contributed by atoms with Crippen molar-refractivity contribution in [1.29, 1.82) is 0 Å². The quantitative estimate of drug-likeness (QED) is 0.466. The predicted molar refractivity (Wildman–Crippen MR) is 124 cm³/mol. The lowest BCUT2D eigenvalue weighted by atomic mass is 9.92. The maximum atomic E-state index is 12.6. The van der Waals surface area contributed by atoms with E-state index in [0.29, 0.717) is 40.6 Å². The summed E-state index contributed by atoms with van der Waals surface area (Å²) in [6.45, 7) is 3.86. The molecule has 2 aromatic carbocycles. The van der Waals surface area contributed by atoms with Crippen LogP contribution in [0.5, 0.6) is 11.5 Å². The molecule has 0 aliphatic rings. The summed E-state index contributed by atoms with van der Waals surface area (Å²) in [6.07, 6.45) is 0.744.